The molecular weight excluding hydrogens is 549 g/mol. The van der Waals surface area contributed by atoms with Crippen molar-refractivity contribution in [3.63, 3.8) is 0 Å². The summed E-state index contributed by atoms with van der Waals surface area (Å²) in [5.74, 6) is 1.51. The molecule has 6 rings (SSSR count). The van der Waals surface area contributed by atoms with E-state index in [1.54, 1.807) is 42.5 Å². The first-order chi connectivity index (χ1) is 19.5. The van der Waals surface area contributed by atoms with Crippen molar-refractivity contribution in [1.82, 2.24) is 9.66 Å². The monoisotopic (exact) mass is 569 g/mol. The van der Waals surface area contributed by atoms with Crippen LogP contribution in [0.3, 0.4) is 0 Å². The average Bonchev–Trinajstić information content (AvgIpc) is 3.41. The number of ether oxygens (including phenoxy) is 2. The van der Waals surface area contributed by atoms with Gasteiger partial charge in [-0.25, -0.2) is 4.98 Å². The van der Waals surface area contributed by atoms with Crippen molar-refractivity contribution in [2.24, 2.45) is 5.10 Å². The molecule has 2 aromatic heterocycles. The summed E-state index contributed by atoms with van der Waals surface area (Å²) >= 11 is 12.6. The Labute approximate surface area is 238 Å². The maximum atomic E-state index is 13.5. The van der Waals surface area contributed by atoms with E-state index in [1.165, 1.54) is 18.0 Å². The second-order valence-electron chi connectivity index (χ2n) is 8.91. The number of methoxy groups -OCH3 is 1. The number of benzene rings is 4. The quantitative estimate of drug-likeness (QED) is 0.185. The van der Waals surface area contributed by atoms with E-state index in [4.69, 9.17) is 42.1 Å². The zero-order chi connectivity index (χ0) is 27.6. The maximum absolute atomic E-state index is 13.5. The van der Waals surface area contributed by atoms with Crippen LogP contribution in [0.15, 0.2) is 105 Å². The lowest BCUT2D eigenvalue weighted by atomic mass is 10.2. The summed E-state index contributed by atoms with van der Waals surface area (Å²) in [5.41, 5.74) is 2.41. The molecule has 198 valence electrons. The molecule has 0 radical (unpaired) electrons. The molecule has 40 heavy (non-hydrogen) atoms. The lowest BCUT2D eigenvalue weighted by Crippen LogP contribution is -2.20. The van der Waals surface area contributed by atoms with E-state index in [0.29, 0.717) is 49.4 Å². The summed E-state index contributed by atoms with van der Waals surface area (Å²) in [5, 5.41) is 6.81. The molecule has 2 heterocycles. The van der Waals surface area contributed by atoms with E-state index in [0.717, 1.165) is 10.9 Å². The third kappa shape index (κ3) is 5.04. The van der Waals surface area contributed by atoms with Crippen LogP contribution in [-0.4, -0.2) is 23.0 Å². The zero-order valence-electron chi connectivity index (χ0n) is 21.2. The number of fused-ring (bicyclic) bond motifs is 2. The van der Waals surface area contributed by atoms with Gasteiger partial charge in [0.25, 0.3) is 5.56 Å². The summed E-state index contributed by atoms with van der Waals surface area (Å²) < 4.78 is 18.8. The molecule has 0 saturated carbocycles. The highest BCUT2D eigenvalue weighted by atomic mass is 35.5. The highest BCUT2D eigenvalue weighted by Gasteiger charge is 2.17. The molecule has 7 nitrogen and oxygen atoms in total. The van der Waals surface area contributed by atoms with Crippen molar-refractivity contribution in [2.45, 2.75) is 6.61 Å². The first-order valence-electron chi connectivity index (χ1n) is 12.3. The van der Waals surface area contributed by atoms with Gasteiger partial charge in [-0.1, -0.05) is 65.7 Å². The van der Waals surface area contributed by atoms with E-state index in [2.05, 4.69) is 5.10 Å². The highest BCUT2D eigenvalue weighted by Crippen LogP contribution is 2.37. The largest absolute Gasteiger partial charge is 0.493 e. The standard InChI is InChI=1S/C31H21Cl2N3O4/c1-38-27-15-20(14-24(33)29(27)39-18-19-10-12-22(32)13-11-19)17-34-36-30(28-16-21-6-2-5-9-26(21)40-28)35-25-8-4-3-7-23(25)31(36)37/h2-17H,18H2,1H3. The highest BCUT2D eigenvalue weighted by molar-refractivity contribution is 6.32. The molecule has 0 bridgehead atoms. The predicted molar refractivity (Wildman–Crippen MR) is 158 cm³/mol. The lowest BCUT2D eigenvalue weighted by Gasteiger charge is -2.13. The molecule has 0 atom stereocenters. The molecule has 6 aromatic rings. The Morgan fingerprint density at radius 2 is 1.75 bits per heavy atom. The van der Waals surface area contributed by atoms with Crippen LogP contribution in [0.2, 0.25) is 10.0 Å². The minimum Gasteiger partial charge on any atom is -0.493 e. The molecule has 0 aliphatic rings. The number of nitrogens with zero attached hydrogens (tertiary/aromatic N) is 3. The summed E-state index contributed by atoms with van der Waals surface area (Å²) in [6.45, 7) is 0.277. The third-order valence-corrected chi connectivity index (χ3v) is 6.80. The average molecular weight is 570 g/mol. The van der Waals surface area contributed by atoms with Gasteiger partial charge in [-0.3, -0.25) is 4.79 Å². The first-order valence-corrected chi connectivity index (χ1v) is 13.1. The molecule has 0 fully saturated rings. The van der Waals surface area contributed by atoms with Gasteiger partial charge in [-0.15, -0.1) is 0 Å². The second kappa shape index (κ2) is 10.9. The van der Waals surface area contributed by atoms with Crippen LogP contribution in [0.5, 0.6) is 11.5 Å². The van der Waals surface area contributed by atoms with Crippen LogP contribution in [0, 0.1) is 0 Å². The zero-order valence-corrected chi connectivity index (χ0v) is 22.7. The summed E-state index contributed by atoms with van der Waals surface area (Å²) in [4.78, 5) is 18.2. The van der Waals surface area contributed by atoms with Crippen LogP contribution in [-0.2, 0) is 6.61 Å². The number of furan rings is 1. The van der Waals surface area contributed by atoms with Gasteiger partial charge in [0.1, 0.15) is 12.2 Å². The molecule has 9 heteroatoms. The number of halogens is 2. The Morgan fingerprint density at radius 3 is 2.55 bits per heavy atom. The summed E-state index contributed by atoms with van der Waals surface area (Å²) in [6.07, 6.45) is 1.52. The first kappa shape index (κ1) is 25.7. The van der Waals surface area contributed by atoms with Crippen LogP contribution < -0.4 is 15.0 Å². The van der Waals surface area contributed by atoms with Crippen molar-refractivity contribution in [2.75, 3.05) is 7.11 Å². The van der Waals surface area contributed by atoms with E-state index in [1.807, 2.05) is 48.5 Å². The lowest BCUT2D eigenvalue weighted by molar-refractivity contribution is 0.284. The number of hydrogen-bond acceptors (Lipinski definition) is 6. The molecule has 4 aromatic carbocycles. The Kier molecular flexibility index (Phi) is 6.99. The Balaban J connectivity index is 1.39. The van der Waals surface area contributed by atoms with Crippen LogP contribution in [0.25, 0.3) is 33.5 Å². The van der Waals surface area contributed by atoms with Crippen LogP contribution in [0.1, 0.15) is 11.1 Å². The third-order valence-electron chi connectivity index (χ3n) is 6.27. The molecular formula is C31H21Cl2N3O4. The minimum absolute atomic E-state index is 0.275. The minimum atomic E-state index is -0.335. The summed E-state index contributed by atoms with van der Waals surface area (Å²) in [7, 11) is 1.53. The van der Waals surface area contributed by atoms with Gasteiger partial charge in [-0.05, 0) is 59.7 Å². The van der Waals surface area contributed by atoms with Crippen LogP contribution in [0.4, 0.5) is 0 Å². The number of aromatic nitrogens is 2. The normalized spacial score (nSPS) is 11.5. The Bertz CT molecular complexity index is 1910. The van der Waals surface area contributed by atoms with Crippen molar-refractivity contribution >= 4 is 51.3 Å². The van der Waals surface area contributed by atoms with Gasteiger partial charge in [0, 0.05) is 10.4 Å². The van der Waals surface area contributed by atoms with Gasteiger partial charge in [-0.2, -0.15) is 9.78 Å². The van der Waals surface area contributed by atoms with E-state index in [9.17, 15) is 4.79 Å². The fraction of sp³-hybridized carbons (Fsp3) is 0.0645. The topological polar surface area (TPSA) is 78.9 Å². The van der Waals surface area contributed by atoms with E-state index in [-0.39, 0.29) is 18.0 Å². The fourth-order valence-corrected chi connectivity index (χ4v) is 4.70. The van der Waals surface area contributed by atoms with Crippen molar-refractivity contribution in [3.8, 4) is 23.1 Å². The van der Waals surface area contributed by atoms with Crippen molar-refractivity contribution in [1.29, 1.82) is 0 Å². The SMILES string of the molecule is COc1cc(C=Nn2c(-c3cc4ccccc4o3)nc3ccccc3c2=O)cc(Cl)c1OCc1ccc(Cl)cc1. The van der Waals surface area contributed by atoms with E-state index < -0.39 is 0 Å². The van der Waals surface area contributed by atoms with Gasteiger partial charge >= 0.3 is 0 Å². The Hall–Kier alpha value is -4.59. The smallest absolute Gasteiger partial charge is 0.282 e. The Morgan fingerprint density at radius 1 is 0.975 bits per heavy atom. The molecule has 0 spiro atoms. The maximum Gasteiger partial charge on any atom is 0.282 e. The number of rotatable bonds is 7. The fourth-order valence-electron chi connectivity index (χ4n) is 4.30. The molecule has 0 amide bonds. The molecule has 0 unspecified atom stereocenters. The molecule has 0 N–H and O–H groups in total. The van der Waals surface area contributed by atoms with E-state index >= 15 is 0 Å². The second-order valence-corrected chi connectivity index (χ2v) is 9.76. The molecule has 0 aliphatic heterocycles. The van der Waals surface area contributed by atoms with Crippen molar-refractivity contribution < 1.29 is 13.9 Å². The van der Waals surface area contributed by atoms with Crippen molar-refractivity contribution in [3.05, 3.63) is 123 Å². The van der Waals surface area contributed by atoms with Gasteiger partial charge < -0.3 is 13.9 Å². The number of hydrogen-bond donors (Lipinski definition) is 0. The van der Waals surface area contributed by atoms with Gasteiger partial charge in [0.15, 0.2) is 17.3 Å². The predicted octanol–water partition coefficient (Wildman–Crippen LogP) is 7.59. The summed E-state index contributed by atoms with van der Waals surface area (Å²) in [6, 6.07) is 27.3. The number of para-hydroxylation sites is 2. The van der Waals surface area contributed by atoms with Gasteiger partial charge in [0.2, 0.25) is 5.82 Å². The molecule has 0 saturated heterocycles. The van der Waals surface area contributed by atoms with Crippen LogP contribution >= 0.6 is 23.2 Å². The van der Waals surface area contributed by atoms with Gasteiger partial charge in [0.05, 0.1) is 29.2 Å². The molecule has 0 aliphatic carbocycles.